The zero-order valence-electron chi connectivity index (χ0n) is 13.0. The second kappa shape index (κ2) is 5.79. The van der Waals surface area contributed by atoms with Crippen LogP contribution in [0.2, 0.25) is 0 Å². The van der Waals surface area contributed by atoms with E-state index in [0.717, 1.165) is 18.9 Å². The highest BCUT2D eigenvalue weighted by Gasteiger charge is 2.49. The van der Waals surface area contributed by atoms with Crippen LogP contribution in [0.5, 0.6) is 0 Å². The molecule has 2 saturated heterocycles. The molecule has 2 atom stereocenters. The molecule has 5 heteroatoms. The Labute approximate surface area is 126 Å². The highest BCUT2D eigenvalue weighted by Crippen LogP contribution is 2.46. The topological polar surface area (TPSA) is 47.4 Å². The summed E-state index contributed by atoms with van der Waals surface area (Å²) in [6.45, 7) is 6.24. The predicted molar refractivity (Wildman–Crippen MR) is 80.1 cm³/mol. The van der Waals surface area contributed by atoms with Crippen molar-refractivity contribution in [2.45, 2.75) is 57.5 Å². The number of ether oxygens (including phenoxy) is 1. The molecule has 1 aromatic heterocycles. The summed E-state index contributed by atoms with van der Waals surface area (Å²) < 4.78 is 6.70. The number of hydrogen-bond donors (Lipinski definition) is 0. The third kappa shape index (κ3) is 2.84. The molecule has 0 spiro atoms. The molecule has 2 aliphatic rings. The standard InChI is InChI=1S/C16H25N3O2/c1-13(2)11-16-6-3-9-18(16)14(5-7-16)12-21-15(20)19-10-4-8-17-19/h4,8,10,13-14H,3,5-7,9,11-12H2,1-2H3/t14-,16-/m1/s1. The maximum atomic E-state index is 11.9. The van der Waals surface area contributed by atoms with E-state index in [-0.39, 0.29) is 6.09 Å². The van der Waals surface area contributed by atoms with E-state index in [1.54, 1.807) is 18.5 Å². The van der Waals surface area contributed by atoms with Gasteiger partial charge in [0.1, 0.15) is 6.61 Å². The second-order valence-corrected chi connectivity index (χ2v) is 6.84. The molecule has 5 nitrogen and oxygen atoms in total. The predicted octanol–water partition coefficient (Wildman–Crippen LogP) is 2.91. The lowest BCUT2D eigenvalue weighted by Crippen LogP contribution is -2.45. The van der Waals surface area contributed by atoms with Gasteiger partial charge >= 0.3 is 6.09 Å². The van der Waals surface area contributed by atoms with E-state index in [1.807, 2.05) is 0 Å². The van der Waals surface area contributed by atoms with Gasteiger partial charge in [-0.1, -0.05) is 13.8 Å². The number of fused-ring (bicyclic) bond motifs is 1. The smallest absolute Gasteiger partial charge is 0.434 e. The minimum atomic E-state index is -0.374. The normalized spacial score (nSPS) is 29.0. The summed E-state index contributed by atoms with van der Waals surface area (Å²) in [6, 6.07) is 2.11. The molecule has 1 aromatic rings. The Balaban J connectivity index is 1.59. The van der Waals surface area contributed by atoms with Gasteiger partial charge in [-0.3, -0.25) is 4.90 Å². The van der Waals surface area contributed by atoms with Crippen molar-refractivity contribution >= 4 is 6.09 Å². The monoisotopic (exact) mass is 291 g/mol. The molecular formula is C16H25N3O2. The average Bonchev–Trinajstić information content (AvgIpc) is 3.11. The number of carbonyl (C=O) groups is 1. The molecule has 0 bridgehead atoms. The van der Waals surface area contributed by atoms with Crippen molar-refractivity contribution in [1.82, 2.24) is 14.7 Å². The highest BCUT2D eigenvalue weighted by atomic mass is 16.6. The molecular weight excluding hydrogens is 266 g/mol. The van der Waals surface area contributed by atoms with Crippen LogP contribution < -0.4 is 0 Å². The van der Waals surface area contributed by atoms with Crippen LogP contribution in [0.25, 0.3) is 0 Å². The molecule has 21 heavy (non-hydrogen) atoms. The molecule has 0 amide bonds. The van der Waals surface area contributed by atoms with E-state index in [0.29, 0.717) is 18.2 Å². The van der Waals surface area contributed by atoms with Gasteiger partial charge in [0.15, 0.2) is 0 Å². The largest absolute Gasteiger partial charge is 0.446 e. The molecule has 0 N–H and O–H groups in total. The Morgan fingerprint density at radius 1 is 1.48 bits per heavy atom. The van der Waals surface area contributed by atoms with Crippen molar-refractivity contribution in [3.8, 4) is 0 Å². The SMILES string of the molecule is CC(C)C[C@]12CCCN1[C@@H](COC(=O)n1cccn1)CC2. The van der Waals surface area contributed by atoms with Gasteiger partial charge in [-0.05, 0) is 50.6 Å². The fourth-order valence-electron chi connectivity index (χ4n) is 4.25. The summed E-state index contributed by atoms with van der Waals surface area (Å²) in [5.41, 5.74) is 0.372. The first-order valence-electron chi connectivity index (χ1n) is 8.04. The lowest BCUT2D eigenvalue weighted by molar-refractivity contribution is 0.0728. The first-order valence-corrected chi connectivity index (χ1v) is 8.04. The van der Waals surface area contributed by atoms with Crippen LogP contribution in [0.15, 0.2) is 18.5 Å². The molecule has 2 fully saturated rings. The Morgan fingerprint density at radius 3 is 3.05 bits per heavy atom. The molecule has 0 aromatic carbocycles. The number of carbonyl (C=O) groups excluding carboxylic acids is 1. The van der Waals surface area contributed by atoms with E-state index >= 15 is 0 Å². The molecule has 0 unspecified atom stereocenters. The van der Waals surface area contributed by atoms with E-state index in [1.165, 1.54) is 30.4 Å². The summed E-state index contributed by atoms with van der Waals surface area (Å²) in [4.78, 5) is 14.5. The Hall–Kier alpha value is -1.36. The van der Waals surface area contributed by atoms with Crippen LogP contribution >= 0.6 is 0 Å². The van der Waals surface area contributed by atoms with Gasteiger partial charge < -0.3 is 4.74 Å². The van der Waals surface area contributed by atoms with Crippen LogP contribution in [0, 0.1) is 5.92 Å². The third-order valence-electron chi connectivity index (χ3n) is 4.91. The first-order chi connectivity index (χ1) is 10.1. The summed E-state index contributed by atoms with van der Waals surface area (Å²) in [5.74, 6) is 0.718. The van der Waals surface area contributed by atoms with Crippen molar-refractivity contribution < 1.29 is 9.53 Å². The molecule has 3 rings (SSSR count). The minimum Gasteiger partial charge on any atom is -0.446 e. The van der Waals surface area contributed by atoms with E-state index < -0.39 is 0 Å². The Bertz CT molecular complexity index is 486. The summed E-state index contributed by atoms with van der Waals surface area (Å²) in [7, 11) is 0. The highest BCUT2D eigenvalue weighted by molar-refractivity contribution is 5.69. The van der Waals surface area contributed by atoms with Crippen LogP contribution in [0.4, 0.5) is 4.79 Å². The van der Waals surface area contributed by atoms with Gasteiger partial charge in [-0.2, -0.15) is 9.78 Å². The summed E-state index contributed by atoms with van der Waals surface area (Å²) >= 11 is 0. The van der Waals surface area contributed by atoms with Gasteiger partial charge in [0, 0.05) is 24.0 Å². The van der Waals surface area contributed by atoms with Crippen LogP contribution in [-0.2, 0) is 4.74 Å². The van der Waals surface area contributed by atoms with Crippen LogP contribution in [-0.4, -0.2) is 45.5 Å². The van der Waals surface area contributed by atoms with Crippen LogP contribution in [0.3, 0.4) is 0 Å². The second-order valence-electron chi connectivity index (χ2n) is 6.84. The van der Waals surface area contributed by atoms with E-state index in [9.17, 15) is 4.79 Å². The van der Waals surface area contributed by atoms with Gasteiger partial charge in [-0.15, -0.1) is 0 Å². The first kappa shape index (κ1) is 14.6. The lowest BCUT2D eigenvalue weighted by Gasteiger charge is -2.36. The number of rotatable bonds is 4. The van der Waals surface area contributed by atoms with Crippen LogP contribution in [0.1, 0.15) is 46.0 Å². The molecule has 0 radical (unpaired) electrons. The van der Waals surface area contributed by atoms with E-state index in [4.69, 9.17) is 4.74 Å². The van der Waals surface area contributed by atoms with Crippen molar-refractivity contribution in [3.05, 3.63) is 18.5 Å². The maximum absolute atomic E-state index is 11.9. The number of nitrogens with zero attached hydrogens (tertiary/aromatic N) is 3. The Kier molecular flexibility index (Phi) is 4.02. The number of aromatic nitrogens is 2. The van der Waals surface area contributed by atoms with Crippen molar-refractivity contribution in [1.29, 1.82) is 0 Å². The quantitative estimate of drug-likeness (QED) is 0.856. The van der Waals surface area contributed by atoms with Gasteiger partial charge in [0.05, 0.1) is 0 Å². The molecule has 0 saturated carbocycles. The van der Waals surface area contributed by atoms with Gasteiger partial charge in [-0.25, -0.2) is 4.79 Å². The third-order valence-corrected chi connectivity index (χ3v) is 4.91. The fraction of sp³-hybridized carbons (Fsp3) is 0.750. The zero-order valence-corrected chi connectivity index (χ0v) is 13.0. The van der Waals surface area contributed by atoms with Crippen molar-refractivity contribution in [2.24, 2.45) is 5.92 Å². The van der Waals surface area contributed by atoms with Crippen molar-refractivity contribution in [3.63, 3.8) is 0 Å². The summed E-state index contributed by atoms with van der Waals surface area (Å²) in [6.07, 6.45) is 9.05. The average molecular weight is 291 g/mol. The maximum Gasteiger partial charge on any atom is 0.434 e. The fourth-order valence-corrected chi connectivity index (χ4v) is 4.25. The Morgan fingerprint density at radius 2 is 2.33 bits per heavy atom. The molecule has 2 aliphatic heterocycles. The lowest BCUT2D eigenvalue weighted by atomic mass is 9.85. The van der Waals surface area contributed by atoms with Crippen molar-refractivity contribution in [2.75, 3.05) is 13.2 Å². The van der Waals surface area contributed by atoms with E-state index in [2.05, 4.69) is 23.8 Å². The minimum absolute atomic E-state index is 0.372. The number of hydrogen-bond acceptors (Lipinski definition) is 4. The van der Waals surface area contributed by atoms with Gasteiger partial charge in [0.25, 0.3) is 0 Å². The summed E-state index contributed by atoms with van der Waals surface area (Å²) in [5, 5.41) is 3.91. The van der Waals surface area contributed by atoms with Gasteiger partial charge in [0.2, 0.25) is 0 Å². The molecule has 0 aliphatic carbocycles. The molecule has 116 valence electrons. The molecule has 3 heterocycles. The zero-order chi connectivity index (χ0) is 14.9.